The van der Waals surface area contributed by atoms with Crippen LogP contribution in [0.4, 0.5) is 24.5 Å². The van der Waals surface area contributed by atoms with E-state index in [0.717, 1.165) is 12.1 Å². The average Bonchev–Trinajstić information content (AvgIpc) is 3.15. The molecule has 0 spiro atoms. The van der Waals surface area contributed by atoms with E-state index in [0.29, 0.717) is 32.0 Å². The van der Waals surface area contributed by atoms with Crippen molar-refractivity contribution < 1.29 is 26.5 Å². The summed E-state index contributed by atoms with van der Waals surface area (Å²) in [6.07, 6.45) is 4.17. The molecule has 2 heterocycles. The third kappa shape index (κ3) is 3.59. The molecule has 2 aromatic rings. The number of alkyl halides is 3. The molecular weight excluding hydrogens is 391 g/mol. The van der Waals surface area contributed by atoms with Crippen LogP contribution in [0.15, 0.2) is 35.7 Å². The molecule has 0 saturated carbocycles. The van der Waals surface area contributed by atoms with Crippen LogP contribution < -0.4 is 4.90 Å². The summed E-state index contributed by atoms with van der Waals surface area (Å²) in [5, 5.41) is 15.4. The van der Waals surface area contributed by atoms with Crippen LogP contribution in [0.5, 0.6) is 0 Å². The van der Waals surface area contributed by atoms with Gasteiger partial charge in [0.1, 0.15) is 18.3 Å². The quantitative estimate of drug-likeness (QED) is 0.567. The summed E-state index contributed by atoms with van der Waals surface area (Å²) in [6, 6.07) is 2.32. The van der Waals surface area contributed by atoms with Crippen LogP contribution in [-0.2, 0) is 9.84 Å². The van der Waals surface area contributed by atoms with Gasteiger partial charge in [0.25, 0.3) is 15.5 Å². The largest absolute Gasteiger partial charge is 0.501 e. The number of nitrogens with zero attached hydrogens (tertiary/aromatic N) is 5. The van der Waals surface area contributed by atoms with Gasteiger partial charge in [-0.05, 0) is 25.0 Å². The van der Waals surface area contributed by atoms with Crippen LogP contribution >= 0.6 is 0 Å². The minimum absolute atomic E-state index is 0.0627. The van der Waals surface area contributed by atoms with Crippen molar-refractivity contribution in [1.29, 1.82) is 0 Å². The SMILES string of the molecule is O=[N+]([O-])c1cc(S(=O)(=O)C(F)(F)F)ccc1N1CCC(n2cncn2)CC1. The monoisotopic (exact) mass is 405 g/mol. The predicted octanol–water partition coefficient (Wildman–Crippen LogP) is 2.32. The maximum atomic E-state index is 12.7. The summed E-state index contributed by atoms with van der Waals surface area (Å²) in [7, 11) is -5.66. The highest BCUT2D eigenvalue weighted by atomic mass is 32.2. The number of benzene rings is 1. The Morgan fingerprint density at radius 3 is 2.41 bits per heavy atom. The Morgan fingerprint density at radius 2 is 1.89 bits per heavy atom. The Labute approximate surface area is 151 Å². The van der Waals surface area contributed by atoms with Crippen molar-refractivity contribution in [2.75, 3.05) is 18.0 Å². The fourth-order valence-electron chi connectivity index (χ4n) is 2.99. The first-order valence-electron chi connectivity index (χ1n) is 7.80. The van der Waals surface area contributed by atoms with Crippen LogP contribution in [0.1, 0.15) is 18.9 Å². The molecule has 27 heavy (non-hydrogen) atoms. The first-order chi connectivity index (χ1) is 12.6. The van der Waals surface area contributed by atoms with Gasteiger partial charge in [0.05, 0.1) is 15.9 Å². The van der Waals surface area contributed by atoms with Gasteiger partial charge in [-0.15, -0.1) is 0 Å². The summed E-state index contributed by atoms with van der Waals surface area (Å²) in [4.78, 5) is 14.8. The lowest BCUT2D eigenvalue weighted by atomic mass is 10.0. The van der Waals surface area contributed by atoms with E-state index in [-0.39, 0.29) is 11.7 Å². The molecule has 0 atom stereocenters. The van der Waals surface area contributed by atoms with E-state index in [1.165, 1.54) is 6.33 Å². The van der Waals surface area contributed by atoms with Gasteiger partial charge in [-0.3, -0.25) is 10.1 Å². The van der Waals surface area contributed by atoms with E-state index in [2.05, 4.69) is 10.1 Å². The van der Waals surface area contributed by atoms with Crippen molar-refractivity contribution in [1.82, 2.24) is 14.8 Å². The highest BCUT2D eigenvalue weighted by molar-refractivity contribution is 7.92. The fraction of sp³-hybridized carbons (Fsp3) is 0.429. The van der Waals surface area contributed by atoms with Gasteiger partial charge in [0.15, 0.2) is 0 Å². The van der Waals surface area contributed by atoms with Crippen molar-refractivity contribution >= 4 is 21.2 Å². The Hall–Kier alpha value is -2.70. The number of rotatable bonds is 4. The third-order valence-electron chi connectivity index (χ3n) is 4.37. The molecule has 0 bridgehead atoms. The lowest BCUT2D eigenvalue weighted by Crippen LogP contribution is -2.35. The number of anilines is 1. The van der Waals surface area contributed by atoms with Gasteiger partial charge in [0.2, 0.25) is 0 Å². The second kappa shape index (κ2) is 6.79. The van der Waals surface area contributed by atoms with Crippen molar-refractivity contribution in [3.63, 3.8) is 0 Å². The van der Waals surface area contributed by atoms with Gasteiger partial charge in [0, 0.05) is 19.2 Å². The van der Waals surface area contributed by atoms with Crippen molar-refractivity contribution in [2.45, 2.75) is 29.3 Å². The molecule has 0 unspecified atom stereocenters. The van der Waals surface area contributed by atoms with Gasteiger partial charge >= 0.3 is 5.51 Å². The van der Waals surface area contributed by atoms with Gasteiger partial charge in [-0.25, -0.2) is 18.1 Å². The van der Waals surface area contributed by atoms with Crippen LogP contribution in [0.25, 0.3) is 0 Å². The molecular formula is C14H14F3N5O4S. The van der Waals surface area contributed by atoms with E-state index in [9.17, 15) is 31.7 Å². The lowest BCUT2D eigenvalue weighted by molar-refractivity contribution is -0.384. The second-order valence-corrected chi connectivity index (χ2v) is 7.89. The van der Waals surface area contributed by atoms with E-state index in [1.807, 2.05) is 0 Å². The number of aromatic nitrogens is 3. The van der Waals surface area contributed by atoms with E-state index in [1.54, 1.807) is 15.9 Å². The van der Waals surface area contributed by atoms with Crippen LogP contribution in [0.2, 0.25) is 0 Å². The van der Waals surface area contributed by atoms with Crippen LogP contribution in [0.3, 0.4) is 0 Å². The van der Waals surface area contributed by atoms with E-state index in [4.69, 9.17) is 0 Å². The standard InChI is InChI=1S/C14H14F3N5O4S/c15-14(16,17)27(25,26)11-1-2-12(13(7-11)22(23)24)20-5-3-10(4-6-20)21-9-18-8-19-21/h1-2,7-10H,3-6H2. The predicted molar refractivity (Wildman–Crippen MR) is 86.8 cm³/mol. The summed E-state index contributed by atoms with van der Waals surface area (Å²) in [5.74, 6) is 0. The third-order valence-corrected chi connectivity index (χ3v) is 5.86. The Balaban J connectivity index is 1.87. The molecule has 1 aromatic carbocycles. The number of nitro groups is 1. The lowest BCUT2D eigenvalue weighted by Gasteiger charge is -2.33. The minimum Gasteiger partial charge on any atom is -0.366 e. The highest BCUT2D eigenvalue weighted by Crippen LogP contribution is 2.37. The number of piperidine rings is 1. The average molecular weight is 405 g/mol. The maximum absolute atomic E-state index is 12.7. The zero-order chi connectivity index (χ0) is 19.8. The smallest absolute Gasteiger partial charge is 0.366 e. The fourth-order valence-corrected chi connectivity index (χ4v) is 3.78. The van der Waals surface area contributed by atoms with E-state index < -0.39 is 30.9 Å². The first kappa shape index (κ1) is 19.1. The molecule has 1 saturated heterocycles. The summed E-state index contributed by atoms with van der Waals surface area (Å²) in [6.45, 7) is 0.799. The molecule has 1 aliphatic rings. The maximum Gasteiger partial charge on any atom is 0.501 e. The molecule has 0 aliphatic carbocycles. The van der Waals surface area contributed by atoms with Crippen LogP contribution in [0, 0.1) is 10.1 Å². The summed E-state index contributed by atoms with van der Waals surface area (Å²) < 4.78 is 62.8. The number of hydrogen-bond donors (Lipinski definition) is 0. The van der Waals surface area contributed by atoms with Gasteiger partial charge in [-0.1, -0.05) is 0 Å². The Bertz CT molecular complexity index is 938. The normalized spacial score (nSPS) is 16.5. The molecule has 9 nitrogen and oxygen atoms in total. The minimum atomic E-state index is -5.66. The highest BCUT2D eigenvalue weighted by Gasteiger charge is 2.47. The Kier molecular flexibility index (Phi) is 4.80. The molecule has 146 valence electrons. The first-order valence-corrected chi connectivity index (χ1v) is 9.28. The molecule has 1 aromatic heterocycles. The molecule has 1 fully saturated rings. The second-order valence-electron chi connectivity index (χ2n) is 5.95. The van der Waals surface area contributed by atoms with Gasteiger partial charge < -0.3 is 4.90 Å². The van der Waals surface area contributed by atoms with Crippen molar-refractivity contribution in [3.8, 4) is 0 Å². The van der Waals surface area contributed by atoms with Gasteiger partial charge in [-0.2, -0.15) is 18.3 Å². The zero-order valence-corrected chi connectivity index (χ0v) is 14.5. The summed E-state index contributed by atoms with van der Waals surface area (Å²) in [5.41, 5.74) is -6.13. The molecule has 0 amide bonds. The topological polar surface area (TPSA) is 111 Å². The number of nitro benzene ring substituents is 1. The van der Waals surface area contributed by atoms with Crippen LogP contribution in [-0.4, -0.2) is 46.7 Å². The zero-order valence-electron chi connectivity index (χ0n) is 13.7. The molecule has 0 radical (unpaired) electrons. The number of hydrogen-bond acceptors (Lipinski definition) is 7. The molecule has 13 heteroatoms. The summed E-state index contributed by atoms with van der Waals surface area (Å²) >= 11 is 0. The Morgan fingerprint density at radius 1 is 1.22 bits per heavy atom. The molecule has 1 aliphatic heterocycles. The molecule has 3 rings (SSSR count). The number of sulfone groups is 1. The van der Waals surface area contributed by atoms with E-state index >= 15 is 0 Å². The van der Waals surface area contributed by atoms with Crippen molar-refractivity contribution in [3.05, 3.63) is 41.0 Å². The van der Waals surface area contributed by atoms with Crippen molar-refractivity contribution in [2.24, 2.45) is 0 Å². The molecule has 0 N–H and O–H groups in total. The number of halogens is 3.